The molecule has 1 atom stereocenters. The first-order chi connectivity index (χ1) is 10.1. The van der Waals surface area contributed by atoms with E-state index in [1.54, 1.807) is 0 Å². The molecule has 1 aromatic carbocycles. The van der Waals surface area contributed by atoms with Crippen LogP contribution in [-0.4, -0.2) is 43.4 Å². The van der Waals surface area contributed by atoms with Crippen molar-refractivity contribution in [2.24, 2.45) is 5.92 Å². The van der Waals surface area contributed by atoms with Gasteiger partial charge < -0.3 is 20.1 Å². The van der Waals surface area contributed by atoms with Crippen LogP contribution in [0.5, 0.6) is 0 Å². The zero-order chi connectivity index (χ0) is 15.2. The molecular formula is C16H24N2O3. The molecule has 1 aromatic rings. The monoisotopic (exact) mass is 292 g/mol. The lowest BCUT2D eigenvalue weighted by Gasteiger charge is -2.29. The zero-order valence-electron chi connectivity index (χ0n) is 12.7. The Balaban J connectivity index is 1.91. The normalized spacial score (nSPS) is 17.0. The van der Waals surface area contributed by atoms with Gasteiger partial charge in [0.15, 0.2) is 0 Å². The van der Waals surface area contributed by atoms with E-state index in [2.05, 4.69) is 34.5 Å². The number of aliphatic carboxylic acids is 1. The number of hydrogen-bond donors (Lipinski definition) is 2. The van der Waals surface area contributed by atoms with Crippen LogP contribution in [0.4, 0.5) is 5.69 Å². The Bertz CT molecular complexity index is 453. The molecule has 1 unspecified atom stereocenters. The van der Waals surface area contributed by atoms with Crippen LogP contribution in [0.2, 0.25) is 0 Å². The Morgan fingerprint density at radius 3 is 2.43 bits per heavy atom. The van der Waals surface area contributed by atoms with Crippen LogP contribution in [0.25, 0.3) is 0 Å². The highest BCUT2D eigenvalue weighted by Crippen LogP contribution is 2.16. The van der Waals surface area contributed by atoms with Crippen molar-refractivity contribution in [2.45, 2.75) is 26.4 Å². The fourth-order valence-corrected chi connectivity index (χ4v) is 2.48. The number of morpholine rings is 1. The number of nitrogens with one attached hydrogen (secondary N) is 1. The van der Waals surface area contributed by atoms with Crippen LogP contribution >= 0.6 is 0 Å². The second-order valence-electron chi connectivity index (χ2n) is 5.71. The van der Waals surface area contributed by atoms with Gasteiger partial charge in [0, 0.05) is 25.3 Å². The van der Waals surface area contributed by atoms with Gasteiger partial charge in [0.1, 0.15) is 6.04 Å². The minimum atomic E-state index is -0.796. The molecule has 1 heterocycles. The highest BCUT2D eigenvalue weighted by molar-refractivity contribution is 5.73. The maximum Gasteiger partial charge on any atom is 0.320 e. The van der Waals surface area contributed by atoms with Crippen molar-refractivity contribution in [3.63, 3.8) is 0 Å². The van der Waals surface area contributed by atoms with Crippen LogP contribution in [-0.2, 0) is 16.1 Å². The van der Waals surface area contributed by atoms with Crippen molar-refractivity contribution in [2.75, 3.05) is 31.2 Å². The van der Waals surface area contributed by atoms with Crippen LogP contribution < -0.4 is 10.2 Å². The van der Waals surface area contributed by atoms with Gasteiger partial charge in [-0.2, -0.15) is 0 Å². The first kappa shape index (κ1) is 15.8. The summed E-state index contributed by atoms with van der Waals surface area (Å²) in [7, 11) is 0. The maximum absolute atomic E-state index is 11.1. The number of benzene rings is 1. The van der Waals surface area contributed by atoms with Gasteiger partial charge in [0.2, 0.25) is 0 Å². The number of carbonyl (C=O) groups is 1. The first-order valence-corrected chi connectivity index (χ1v) is 7.46. The summed E-state index contributed by atoms with van der Waals surface area (Å²) >= 11 is 0. The molecular weight excluding hydrogens is 268 g/mol. The SMILES string of the molecule is CC(C)C(NCc1ccc(N2CCOCC2)cc1)C(=O)O. The molecule has 1 aliphatic rings. The smallest absolute Gasteiger partial charge is 0.320 e. The molecule has 2 N–H and O–H groups in total. The minimum absolute atomic E-state index is 0.0649. The molecule has 1 saturated heterocycles. The number of nitrogens with zero attached hydrogens (tertiary/aromatic N) is 1. The van der Waals surface area contributed by atoms with Gasteiger partial charge >= 0.3 is 5.97 Å². The van der Waals surface area contributed by atoms with Crippen molar-refractivity contribution >= 4 is 11.7 Å². The van der Waals surface area contributed by atoms with E-state index in [1.807, 2.05) is 13.8 Å². The second-order valence-corrected chi connectivity index (χ2v) is 5.71. The summed E-state index contributed by atoms with van der Waals surface area (Å²) in [5, 5.41) is 12.3. The van der Waals surface area contributed by atoms with E-state index < -0.39 is 12.0 Å². The lowest BCUT2D eigenvalue weighted by molar-refractivity contribution is -0.140. The van der Waals surface area contributed by atoms with E-state index in [0.717, 1.165) is 31.9 Å². The summed E-state index contributed by atoms with van der Waals surface area (Å²) in [6.45, 7) is 7.78. The van der Waals surface area contributed by atoms with Crippen LogP contribution in [0.1, 0.15) is 19.4 Å². The number of anilines is 1. The molecule has 0 bridgehead atoms. The predicted octanol–water partition coefficient (Wildman–Crippen LogP) is 1.72. The molecule has 5 heteroatoms. The highest BCUT2D eigenvalue weighted by Gasteiger charge is 2.20. The lowest BCUT2D eigenvalue weighted by Crippen LogP contribution is -2.40. The van der Waals surface area contributed by atoms with Gasteiger partial charge in [0.25, 0.3) is 0 Å². The molecule has 0 amide bonds. The average molecular weight is 292 g/mol. The number of rotatable bonds is 6. The fourth-order valence-electron chi connectivity index (χ4n) is 2.48. The molecule has 0 aromatic heterocycles. The summed E-state index contributed by atoms with van der Waals surface area (Å²) < 4.78 is 5.35. The molecule has 5 nitrogen and oxygen atoms in total. The molecule has 0 spiro atoms. The van der Waals surface area contributed by atoms with Crippen molar-refractivity contribution in [1.29, 1.82) is 0 Å². The summed E-state index contributed by atoms with van der Waals surface area (Å²) in [4.78, 5) is 13.4. The molecule has 0 radical (unpaired) electrons. The van der Waals surface area contributed by atoms with Gasteiger partial charge in [-0.1, -0.05) is 26.0 Å². The first-order valence-electron chi connectivity index (χ1n) is 7.46. The predicted molar refractivity (Wildman–Crippen MR) is 82.6 cm³/mol. The molecule has 0 aliphatic carbocycles. The van der Waals surface area contributed by atoms with E-state index >= 15 is 0 Å². The summed E-state index contributed by atoms with van der Waals surface area (Å²) in [6.07, 6.45) is 0. The lowest BCUT2D eigenvalue weighted by atomic mass is 10.0. The van der Waals surface area contributed by atoms with E-state index in [1.165, 1.54) is 5.69 Å². The van der Waals surface area contributed by atoms with Crippen LogP contribution in [0.3, 0.4) is 0 Å². The van der Waals surface area contributed by atoms with E-state index in [4.69, 9.17) is 9.84 Å². The number of ether oxygens (including phenoxy) is 1. The summed E-state index contributed by atoms with van der Waals surface area (Å²) in [5.41, 5.74) is 2.29. The Hall–Kier alpha value is -1.59. The number of carboxylic acids is 1. The number of hydrogen-bond acceptors (Lipinski definition) is 4. The summed E-state index contributed by atoms with van der Waals surface area (Å²) in [6, 6.07) is 7.78. The Morgan fingerprint density at radius 2 is 1.90 bits per heavy atom. The Labute approximate surface area is 125 Å². The van der Waals surface area contributed by atoms with Crippen LogP contribution in [0.15, 0.2) is 24.3 Å². The van der Waals surface area contributed by atoms with Gasteiger partial charge in [-0.25, -0.2) is 0 Å². The van der Waals surface area contributed by atoms with Gasteiger partial charge in [-0.15, -0.1) is 0 Å². The third kappa shape index (κ3) is 4.44. The number of carboxylic acid groups (broad SMARTS) is 1. The van der Waals surface area contributed by atoms with Crippen molar-refractivity contribution in [3.05, 3.63) is 29.8 Å². The van der Waals surface area contributed by atoms with Gasteiger partial charge in [-0.3, -0.25) is 4.79 Å². The zero-order valence-corrected chi connectivity index (χ0v) is 12.7. The van der Waals surface area contributed by atoms with E-state index in [0.29, 0.717) is 6.54 Å². The van der Waals surface area contributed by atoms with E-state index in [-0.39, 0.29) is 5.92 Å². The topological polar surface area (TPSA) is 61.8 Å². The molecule has 0 saturated carbocycles. The molecule has 1 aliphatic heterocycles. The quantitative estimate of drug-likeness (QED) is 0.836. The third-order valence-electron chi connectivity index (χ3n) is 3.77. The third-order valence-corrected chi connectivity index (χ3v) is 3.77. The fraction of sp³-hybridized carbons (Fsp3) is 0.562. The molecule has 1 fully saturated rings. The van der Waals surface area contributed by atoms with Crippen molar-refractivity contribution in [3.8, 4) is 0 Å². The highest BCUT2D eigenvalue weighted by atomic mass is 16.5. The van der Waals surface area contributed by atoms with Crippen LogP contribution in [0, 0.1) is 5.92 Å². The Kier molecular flexibility index (Phi) is 5.59. The molecule has 2 rings (SSSR count). The standard InChI is InChI=1S/C16H24N2O3/c1-12(2)15(16(19)20)17-11-13-3-5-14(6-4-13)18-7-9-21-10-8-18/h3-6,12,15,17H,7-11H2,1-2H3,(H,19,20). The molecule has 116 valence electrons. The Morgan fingerprint density at radius 1 is 1.29 bits per heavy atom. The second kappa shape index (κ2) is 7.43. The van der Waals surface area contributed by atoms with Crippen molar-refractivity contribution < 1.29 is 14.6 Å². The minimum Gasteiger partial charge on any atom is -0.480 e. The average Bonchev–Trinajstić information content (AvgIpc) is 2.48. The maximum atomic E-state index is 11.1. The molecule has 21 heavy (non-hydrogen) atoms. The van der Waals surface area contributed by atoms with Crippen molar-refractivity contribution in [1.82, 2.24) is 5.32 Å². The largest absolute Gasteiger partial charge is 0.480 e. The van der Waals surface area contributed by atoms with E-state index in [9.17, 15) is 4.79 Å². The van der Waals surface area contributed by atoms with Gasteiger partial charge in [-0.05, 0) is 23.6 Å². The van der Waals surface area contributed by atoms with Gasteiger partial charge in [0.05, 0.1) is 13.2 Å². The summed E-state index contributed by atoms with van der Waals surface area (Å²) in [5.74, 6) is -0.731.